The summed E-state index contributed by atoms with van der Waals surface area (Å²) in [7, 11) is 0. The Bertz CT molecular complexity index is 379. The minimum atomic E-state index is -0.981. The Morgan fingerprint density at radius 2 is 2.06 bits per heavy atom. The van der Waals surface area contributed by atoms with Gasteiger partial charge in [-0.2, -0.15) is 10.2 Å². The summed E-state index contributed by atoms with van der Waals surface area (Å²) in [5.41, 5.74) is 7.01. The molecule has 0 radical (unpaired) electrons. The molecular weight excluding hydrogens is 218 g/mol. The molecule has 0 saturated carbocycles. The summed E-state index contributed by atoms with van der Waals surface area (Å²) in [6, 6.07) is 8.91. The topological polar surface area (TPSA) is 88.0 Å². The first-order chi connectivity index (χ1) is 8.09. The first-order valence-corrected chi connectivity index (χ1v) is 5.48. The highest BCUT2D eigenvalue weighted by atomic mass is 16.4. The van der Waals surface area contributed by atoms with Crippen LogP contribution in [0.5, 0.6) is 0 Å². The van der Waals surface area contributed by atoms with Crippen LogP contribution in [0.2, 0.25) is 0 Å². The van der Waals surface area contributed by atoms with Gasteiger partial charge in [-0.3, -0.25) is 0 Å². The van der Waals surface area contributed by atoms with Crippen molar-refractivity contribution in [2.24, 2.45) is 16.0 Å². The maximum absolute atomic E-state index is 10.5. The number of hydrogen-bond acceptors (Lipinski definition) is 4. The second-order valence-electron chi connectivity index (χ2n) is 3.90. The normalized spacial score (nSPS) is 14.7. The van der Waals surface area contributed by atoms with Crippen LogP contribution in [0.1, 0.15) is 12.5 Å². The van der Waals surface area contributed by atoms with Gasteiger partial charge in [-0.15, -0.1) is 0 Å². The second-order valence-corrected chi connectivity index (χ2v) is 3.90. The standard InChI is InChI=1S/C12H17N3O2/c1-9(12(16)17)15-14-8-11(13)7-10-5-3-2-4-6-10/h2-6,9,11H,7-8,13H2,1H3,(H,16,17)/t9-,11?/m1/s1. The summed E-state index contributed by atoms with van der Waals surface area (Å²) in [5.74, 6) is -0.981. The highest BCUT2D eigenvalue weighted by Crippen LogP contribution is 2.02. The third kappa shape index (κ3) is 5.21. The van der Waals surface area contributed by atoms with Crippen molar-refractivity contribution in [3.05, 3.63) is 35.9 Å². The average Bonchev–Trinajstić information content (AvgIpc) is 2.30. The average molecular weight is 235 g/mol. The van der Waals surface area contributed by atoms with Crippen LogP contribution in [-0.4, -0.2) is 29.7 Å². The van der Waals surface area contributed by atoms with Crippen molar-refractivity contribution in [2.45, 2.75) is 25.4 Å². The summed E-state index contributed by atoms with van der Waals surface area (Å²) in [6.07, 6.45) is 0.710. The Labute approximate surface area is 100 Å². The summed E-state index contributed by atoms with van der Waals surface area (Å²) < 4.78 is 0. The van der Waals surface area contributed by atoms with Crippen molar-refractivity contribution in [3.8, 4) is 0 Å². The molecule has 2 atom stereocenters. The zero-order valence-corrected chi connectivity index (χ0v) is 9.78. The number of benzene rings is 1. The van der Waals surface area contributed by atoms with Gasteiger partial charge >= 0.3 is 5.97 Å². The van der Waals surface area contributed by atoms with Crippen molar-refractivity contribution < 1.29 is 9.90 Å². The smallest absolute Gasteiger partial charge is 0.330 e. The molecule has 0 saturated heterocycles. The second kappa shape index (κ2) is 6.75. The van der Waals surface area contributed by atoms with E-state index in [4.69, 9.17) is 10.8 Å². The number of hydrogen-bond donors (Lipinski definition) is 2. The fraction of sp³-hybridized carbons (Fsp3) is 0.417. The number of carboxylic acid groups (broad SMARTS) is 1. The van der Waals surface area contributed by atoms with Crippen molar-refractivity contribution >= 4 is 5.97 Å². The number of carbonyl (C=O) groups is 1. The van der Waals surface area contributed by atoms with Crippen molar-refractivity contribution in [2.75, 3.05) is 6.54 Å². The van der Waals surface area contributed by atoms with Crippen LogP contribution in [0.4, 0.5) is 0 Å². The number of nitrogens with two attached hydrogens (primary N) is 1. The van der Waals surface area contributed by atoms with Gasteiger partial charge in [-0.1, -0.05) is 30.3 Å². The molecule has 17 heavy (non-hydrogen) atoms. The molecule has 1 aromatic rings. The Morgan fingerprint density at radius 3 is 2.65 bits per heavy atom. The van der Waals surface area contributed by atoms with Crippen LogP contribution in [0.15, 0.2) is 40.6 Å². The Hall–Kier alpha value is -1.75. The number of azo groups is 1. The molecule has 0 spiro atoms. The number of aliphatic carboxylic acids is 1. The monoisotopic (exact) mass is 235 g/mol. The maximum Gasteiger partial charge on any atom is 0.330 e. The van der Waals surface area contributed by atoms with E-state index in [1.54, 1.807) is 0 Å². The Balaban J connectivity index is 2.35. The van der Waals surface area contributed by atoms with E-state index in [2.05, 4.69) is 10.2 Å². The SMILES string of the molecule is C[C@@H](N=NCC(N)Cc1ccccc1)C(=O)O. The first kappa shape index (κ1) is 13.3. The van der Waals surface area contributed by atoms with Crippen molar-refractivity contribution in [3.63, 3.8) is 0 Å². The van der Waals surface area contributed by atoms with Gasteiger partial charge in [0.2, 0.25) is 0 Å². The maximum atomic E-state index is 10.5. The van der Waals surface area contributed by atoms with E-state index in [0.29, 0.717) is 13.0 Å². The molecule has 0 aliphatic rings. The highest BCUT2D eigenvalue weighted by Gasteiger charge is 2.08. The fourth-order valence-electron chi connectivity index (χ4n) is 1.31. The molecule has 92 valence electrons. The lowest BCUT2D eigenvalue weighted by Crippen LogP contribution is -2.26. The van der Waals surface area contributed by atoms with E-state index >= 15 is 0 Å². The molecule has 0 aromatic heterocycles. The van der Waals surface area contributed by atoms with Crippen LogP contribution >= 0.6 is 0 Å². The zero-order valence-electron chi connectivity index (χ0n) is 9.78. The van der Waals surface area contributed by atoms with Crippen molar-refractivity contribution in [1.82, 2.24) is 0 Å². The van der Waals surface area contributed by atoms with Gasteiger partial charge in [0, 0.05) is 6.04 Å². The highest BCUT2D eigenvalue weighted by molar-refractivity contribution is 5.72. The van der Waals surface area contributed by atoms with Gasteiger partial charge < -0.3 is 10.8 Å². The molecule has 0 heterocycles. The molecule has 1 unspecified atom stereocenters. The third-order valence-electron chi connectivity index (χ3n) is 2.27. The van der Waals surface area contributed by atoms with Gasteiger partial charge in [0.25, 0.3) is 0 Å². The fourth-order valence-corrected chi connectivity index (χ4v) is 1.31. The van der Waals surface area contributed by atoms with Crippen LogP contribution in [0.3, 0.4) is 0 Å². The predicted molar refractivity (Wildman–Crippen MR) is 64.9 cm³/mol. The molecule has 0 amide bonds. The van der Waals surface area contributed by atoms with E-state index in [1.165, 1.54) is 6.92 Å². The molecule has 5 heteroatoms. The first-order valence-electron chi connectivity index (χ1n) is 5.48. The zero-order chi connectivity index (χ0) is 12.7. The number of carboxylic acids is 1. The Morgan fingerprint density at radius 1 is 1.41 bits per heavy atom. The van der Waals surface area contributed by atoms with Gasteiger partial charge in [0.1, 0.15) is 0 Å². The van der Waals surface area contributed by atoms with E-state index in [-0.39, 0.29) is 6.04 Å². The van der Waals surface area contributed by atoms with E-state index in [0.717, 1.165) is 5.56 Å². The number of nitrogens with zero attached hydrogens (tertiary/aromatic N) is 2. The quantitative estimate of drug-likeness (QED) is 0.732. The van der Waals surface area contributed by atoms with E-state index in [9.17, 15) is 4.79 Å². The van der Waals surface area contributed by atoms with Gasteiger partial charge in [0.05, 0.1) is 6.54 Å². The summed E-state index contributed by atoms with van der Waals surface area (Å²) >= 11 is 0. The molecule has 1 aromatic carbocycles. The van der Waals surface area contributed by atoms with Crippen molar-refractivity contribution in [1.29, 1.82) is 0 Å². The van der Waals surface area contributed by atoms with Gasteiger partial charge in [-0.25, -0.2) is 4.79 Å². The molecule has 5 nitrogen and oxygen atoms in total. The largest absolute Gasteiger partial charge is 0.480 e. The third-order valence-corrected chi connectivity index (χ3v) is 2.27. The molecule has 0 aliphatic heterocycles. The number of rotatable bonds is 6. The summed E-state index contributed by atoms with van der Waals surface area (Å²) in [6.45, 7) is 1.82. The van der Waals surface area contributed by atoms with Crippen LogP contribution in [0.25, 0.3) is 0 Å². The van der Waals surface area contributed by atoms with E-state index < -0.39 is 12.0 Å². The lowest BCUT2D eigenvalue weighted by molar-refractivity contribution is -0.138. The molecule has 0 fully saturated rings. The molecular formula is C12H17N3O2. The van der Waals surface area contributed by atoms with Crippen LogP contribution in [-0.2, 0) is 11.2 Å². The van der Waals surface area contributed by atoms with Crippen LogP contribution in [0, 0.1) is 0 Å². The lowest BCUT2D eigenvalue weighted by atomic mass is 10.1. The molecule has 1 rings (SSSR count). The molecule has 3 N–H and O–H groups in total. The molecule has 0 aliphatic carbocycles. The lowest BCUT2D eigenvalue weighted by Gasteiger charge is -2.08. The van der Waals surface area contributed by atoms with Gasteiger partial charge in [0.15, 0.2) is 6.04 Å². The Kier molecular flexibility index (Phi) is 5.29. The minimum Gasteiger partial charge on any atom is -0.480 e. The van der Waals surface area contributed by atoms with Crippen LogP contribution < -0.4 is 5.73 Å². The van der Waals surface area contributed by atoms with Gasteiger partial charge in [-0.05, 0) is 18.9 Å². The molecule has 0 bridgehead atoms. The minimum absolute atomic E-state index is 0.137. The predicted octanol–water partition coefficient (Wildman–Crippen LogP) is 1.48. The summed E-state index contributed by atoms with van der Waals surface area (Å²) in [5, 5.41) is 16.1. The van der Waals surface area contributed by atoms with E-state index in [1.807, 2.05) is 30.3 Å². The summed E-state index contributed by atoms with van der Waals surface area (Å²) in [4.78, 5) is 10.5.